The number of nitrogens with zero attached hydrogens (tertiary/aromatic N) is 1. The molecule has 0 fully saturated rings. The van der Waals surface area contributed by atoms with Crippen LogP contribution in [0.1, 0.15) is 18.9 Å². The summed E-state index contributed by atoms with van der Waals surface area (Å²) in [4.78, 5) is 4.52. The van der Waals surface area contributed by atoms with Gasteiger partial charge < -0.3 is 9.47 Å². The standard InChI is InChI=1S/C22H20ClNO2/c1-2-14-25-22-13-8-18(23)15-17(22)16-24-19-9-11-21(12-10-19)26-20-6-4-3-5-7-20/h3-13,15-16H,2,14H2,1H3. The van der Waals surface area contributed by atoms with Gasteiger partial charge in [-0.2, -0.15) is 0 Å². The normalized spacial score (nSPS) is 10.8. The Bertz CT molecular complexity index is 861. The van der Waals surface area contributed by atoms with E-state index in [0.29, 0.717) is 11.6 Å². The maximum atomic E-state index is 6.10. The Morgan fingerprint density at radius 3 is 2.38 bits per heavy atom. The number of para-hydroxylation sites is 1. The van der Waals surface area contributed by atoms with E-state index in [2.05, 4.69) is 11.9 Å². The molecule has 0 saturated carbocycles. The van der Waals surface area contributed by atoms with Crippen LogP contribution in [-0.2, 0) is 0 Å². The topological polar surface area (TPSA) is 30.8 Å². The van der Waals surface area contributed by atoms with Crippen molar-refractivity contribution < 1.29 is 9.47 Å². The number of hydrogen-bond donors (Lipinski definition) is 0. The Hall–Kier alpha value is -2.78. The molecule has 3 nitrogen and oxygen atoms in total. The number of halogens is 1. The second-order valence-electron chi connectivity index (χ2n) is 5.70. The Kier molecular flexibility index (Phi) is 6.29. The molecule has 0 N–H and O–H groups in total. The van der Waals surface area contributed by atoms with E-state index in [1.807, 2.05) is 72.8 Å². The number of hydrogen-bond acceptors (Lipinski definition) is 3. The molecule has 0 bridgehead atoms. The van der Waals surface area contributed by atoms with Crippen LogP contribution in [0.2, 0.25) is 5.02 Å². The molecule has 4 heteroatoms. The van der Waals surface area contributed by atoms with E-state index in [-0.39, 0.29) is 0 Å². The van der Waals surface area contributed by atoms with Gasteiger partial charge in [0.15, 0.2) is 0 Å². The van der Waals surface area contributed by atoms with Crippen LogP contribution in [0.5, 0.6) is 17.2 Å². The highest BCUT2D eigenvalue weighted by Crippen LogP contribution is 2.25. The van der Waals surface area contributed by atoms with Crippen LogP contribution in [0, 0.1) is 0 Å². The van der Waals surface area contributed by atoms with Gasteiger partial charge in [0.25, 0.3) is 0 Å². The van der Waals surface area contributed by atoms with E-state index in [1.54, 1.807) is 6.21 Å². The van der Waals surface area contributed by atoms with Crippen molar-refractivity contribution in [2.45, 2.75) is 13.3 Å². The fourth-order valence-electron chi connectivity index (χ4n) is 2.33. The molecule has 0 aliphatic heterocycles. The maximum Gasteiger partial charge on any atom is 0.128 e. The average molecular weight is 366 g/mol. The lowest BCUT2D eigenvalue weighted by atomic mass is 10.2. The molecular weight excluding hydrogens is 346 g/mol. The number of aliphatic imine (C=N–C) groups is 1. The van der Waals surface area contributed by atoms with E-state index >= 15 is 0 Å². The monoisotopic (exact) mass is 365 g/mol. The van der Waals surface area contributed by atoms with E-state index in [0.717, 1.165) is 34.9 Å². The summed E-state index contributed by atoms with van der Waals surface area (Å²) in [5.41, 5.74) is 1.68. The number of rotatable bonds is 7. The Balaban J connectivity index is 1.71. The van der Waals surface area contributed by atoms with E-state index < -0.39 is 0 Å². The third-order valence-corrected chi connectivity index (χ3v) is 3.84. The van der Waals surface area contributed by atoms with Crippen molar-refractivity contribution in [1.29, 1.82) is 0 Å². The van der Waals surface area contributed by atoms with Crippen molar-refractivity contribution in [3.63, 3.8) is 0 Å². The number of benzene rings is 3. The van der Waals surface area contributed by atoms with Gasteiger partial charge in [-0.25, -0.2) is 0 Å². The third-order valence-electron chi connectivity index (χ3n) is 3.60. The molecule has 26 heavy (non-hydrogen) atoms. The van der Waals surface area contributed by atoms with Gasteiger partial charge in [0, 0.05) is 16.8 Å². The molecule has 3 aromatic rings. The summed E-state index contributed by atoms with van der Waals surface area (Å²) in [5, 5.41) is 0.655. The molecule has 0 heterocycles. The van der Waals surface area contributed by atoms with Crippen LogP contribution in [0.25, 0.3) is 0 Å². The summed E-state index contributed by atoms with van der Waals surface area (Å²) in [6.07, 6.45) is 2.71. The minimum Gasteiger partial charge on any atom is -0.493 e. The lowest BCUT2D eigenvalue weighted by Gasteiger charge is -2.08. The van der Waals surface area contributed by atoms with Gasteiger partial charge in [0.05, 0.1) is 12.3 Å². The fraction of sp³-hybridized carbons (Fsp3) is 0.136. The second kappa shape index (κ2) is 9.07. The van der Waals surface area contributed by atoms with Crippen LogP contribution in [0.3, 0.4) is 0 Å². The number of ether oxygens (including phenoxy) is 2. The van der Waals surface area contributed by atoms with Crippen LogP contribution >= 0.6 is 11.6 Å². The van der Waals surface area contributed by atoms with Gasteiger partial charge in [-0.05, 0) is 61.0 Å². The van der Waals surface area contributed by atoms with Crippen LogP contribution in [0.4, 0.5) is 5.69 Å². The van der Waals surface area contributed by atoms with Crippen molar-refractivity contribution in [1.82, 2.24) is 0 Å². The van der Waals surface area contributed by atoms with Crippen LogP contribution in [0.15, 0.2) is 77.8 Å². The van der Waals surface area contributed by atoms with Crippen molar-refractivity contribution in [3.8, 4) is 17.2 Å². The molecular formula is C22H20ClNO2. The molecule has 0 aromatic heterocycles. The van der Waals surface area contributed by atoms with Gasteiger partial charge in [0.1, 0.15) is 17.2 Å². The first-order valence-corrected chi connectivity index (χ1v) is 8.92. The first-order chi connectivity index (χ1) is 12.7. The van der Waals surface area contributed by atoms with E-state index in [9.17, 15) is 0 Å². The molecule has 3 rings (SSSR count). The summed E-state index contributed by atoms with van der Waals surface area (Å²) in [7, 11) is 0. The molecule has 0 atom stereocenters. The molecule has 0 unspecified atom stereocenters. The first kappa shape index (κ1) is 18.0. The zero-order valence-corrected chi connectivity index (χ0v) is 15.3. The summed E-state index contributed by atoms with van der Waals surface area (Å²) < 4.78 is 11.5. The van der Waals surface area contributed by atoms with Crippen molar-refractivity contribution in [2.24, 2.45) is 4.99 Å². The highest BCUT2D eigenvalue weighted by molar-refractivity contribution is 6.30. The SMILES string of the molecule is CCCOc1ccc(Cl)cc1C=Nc1ccc(Oc2ccccc2)cc1. The fourth-order valence-corrected chi connectivity index (χ4v) is 2.51. The Morgan fingerprint density at radius 1 is 0.923 bits per heavy atom. The quantitative estimate of drug-likeness (QED) is 0.437. The first-order valence-electron chi connectivity index (χ1n) is 8.54. The molecule has 0 saturated heterocycles. The molecule has 0 amide bonds. The van der Waals surface area contributed by atoms with Crippen LogP contribution in [-0.4, -0.2) is 12.8 Å². The van der Waals surface area contributed by atoms with Gasteiger partial charge in [-0.3, -0.25) is 4.99 Å². The second-order valence-corrected chi connectivity index (χ2v) is 6.13. The zero-order chi connectivity index (χ0) is 18.2. The Morgan fingerprint density at radius 2 is 1.65 bits per heavy atom. The minimum atomic E-state index is 0.655. The van der Waals surface area contributed by atoms with Crippen molar-refractivity contribution in [2.75, 3.05) is 6.61 Å². The van der Waals surface area contributed by atoms with Gasteiger partial charge in [-0.15, -0.1) is 0 Å². The van der Waals surface area contributed by atoms with Crippen molar-refractivity contribution >= 4 is 23.5 Å². The maximum absolute atomic E-state index is 6.10. The lowest BCUT2D eigenvalue weighted by Crippen LogP contribution is -1.98. The largest absolute Gasteiger partial charge is 0.493 e. The van der Waals surface area contributed by atoms with E-state index in [1.165, 1.54) is 0 Å². The molecule has 0 aliphatic carbocycles. The minimum absolute atomic E-state index is 0.655. The highest BCUT2D eigenvalue weighted by Gasteiger charge is 2.03. The molecule has 0 spiro atoms. The third kappa shape index (κ3) is 5.11. The summed E-state index contributed by atoms with van der Waals surface area (Å²) in [6, 6.07) is 22.8. The predicted molar refractivity (Wildman–Crippen MR) is 107 cm³/mol. The molecule has 3 aromatic carbocycles. The van der Waals surface area contributed by atoms with Crippen LogP contribution < -0.4 is 9.47 Å². The summed E-state index contributed by atoms with van der Waals surface area (Å²) in [6.45, 7) is 2.73. The average Bonchev–Trinajstić information content (AvgIpc) is 2.67. The molecule has 132 valence electrons. The van der Waals surface area contributed by atoms with Crippen molar-refractivity contribution in [3.05, 3.63) is 83.4 Å². The Labute approximate surface area is 158 Å². The summed E-state index contributed by atoms with van der Waals surface area (Å²) >= 11 is 6.10. The van der Waals surface area contributed by atoms with Gasteiger partial charge in [-0.1, -0.05) is 36.7 Å². The smallest absolute Gasteiger partial charge is 0.128 e. The van der Waals surface area contributed by atoms with Gasteiger partial charge >= 0.3 is 0 Å². The molecule has 0 radical (unpaired) electrons. The predicted octanol–water partition coefficient (Wildman–Crippen LogP) is 6.67. The van der Waals surface area contributed by atoms with E-state index in [4.69, 9.17) is 21.1 Å². The summed E-state index contributed by atoms with van der Waals surface area (Å²) in [5.74, 6) is 2.36. The highest BCUT2D eigenvalue weighted by atomic mass is 35.5. The van der Waals surface area contributed by atoms with Gasteiger partial charge in [0.2, 0.25) is 0 Å². The molecule has 0 aliphatic rings. The lowest BCUT2D eigenvalue weighted by molar-refractivity contribution is 0.317. The zero-order valence-electron chi connectivity index (χ0n) is 14.6.